The molecule has 32 heavy (non-hydrogen) atoms. The molecule has 0 saturated carbocycles. The zero-order valence-electron chi connectivity index (χ0n) is 17.8. The molecule has 2 aliphatic carbocycles. The van der Waals surface area contributed by atoms with Gasteiger partial charge in [0, 0.05) is 0 Å². The van der Waals surface area contributed by atoms with E-state index in [1.165, 1.54) is 44.5 Å². The van der Waals surface area contributed by atoms with Gasteiger partial charge in [-0.1, -0.05) is 0 Å². The summed E-state index contributed by atoms with van der Waals surface area (Å²) in [4.78, 5) is 0. The average molecular weight is 575 g/mol. The van der Waals surface area contributed by atoms with E-state index in [4.69, 9.17) is 8.51 Å². The first kappa shape index (κ1) is 24.0. The number of hydrogen-bond acceptors (Lipinski definition) is 0. The zero-order chi connectivity index (χ0) is 20.5. The van der Waals surface area contributed by atoms with Crippen molar-refractivity contribution in [3.05, 3.63) is 119 Å². The Morgan fingerprint density at radius 2 is 0.750 bits per heavy atom. The van der Waals surface area contributed by atoms with E-state index in [2.05, 4.69) is 109 Å². The van der Waals surface area contributed by atoms with Crippen LogP contribution in [-0.2, 0) is 16.2 Å². The molecule has 5 heteroatoms. The number of rotatable bonds is 2. The van der Waals surface area contributed by atoms with Crippen LogP contribution in [0.5, 0.6) is 0 Å². The van der Waals surface area contributed by atoms with E-state index < -0.39 is 16.2 Å². The molecule has 0 spiro atoms. The molecule has 0 radical (unpaired) electrons. The quantitative estimate of drug-likeness (QED) is 0.214. The van der Waals surface area contributed by atoms with E-state index in [0.717, 1.165) is 0 Å². The van der Waals surface area contributed by atoms with Crippen molar-refractivity contribution in [2.24, 2.45) is 0 Å². The second-order valence-electron chi connectivity index (χ2n) is 9.26. The monoisotopic (exact) mass is 572 g/mol. The Kier molecular flexibility index (Phi) is 6.19. The Labute approximate surface area is 208 Å². The predicted molar refractivity (Wildman–Crippen MR) is 142 cm³/mol. The fraction of sp³-hybridized carbons (Fsp3) is 0.111. The average Bonchev–Trinajstić information content (AvgIpc) is 3.28. The summed E-state index contributed by atoms with van der Waals surface area (Å²) in [5, 5.41) is 0. The fourth-order valence-corrected chi connectivity index (χ4v) is 25.6. The molecule has 0 N–H and O–H groups in total. The van der Waals surface area contributed by atoms with Crippen molar-refractivity contribution in [2.45, 2.75) is 11.9 Å². The molecule has 0 heterocycles. The van der Waals surface area contributed by atoms with Crippen molar-refractivity contribution < 1.29 is 16.2 Å². The van der Waals surface area contributed by atoms with Crippen molar-refractivity contribution in [3.8, 4) is 22.3 Å². The molecule has 0 aromatic heterocycles. The van der Waals surface area contributed by atoms with E-state index >= 15 is 0 Å². The molecule has 6 rings (SSSR count). The number of halogens is 3. The molecular weight excluding hydrogens is 550 g/mol. The van der Waals surface area contributed by atoms with E-state index in [1.807, 2.05) is 0 Å². The molecule has 0 unspecified atom stereocenters. The molecule has 0 saturated heterocycles. The summed E-state index contributed by atoms with van der Waals surface area (Å²) in [5.41, 5.74) is 11.2. The SMILES string of the molecule is Cl.Cl.[CH3][Zr](=[SiH2])([Cl])([CH]1c2ccccc2-c2ccccc21)[CH]1c2ccccc2-c2ccccc21. The molecule has 0 amide bonds. The van der Waals surface area contributed by atoms with Crippen molar-refractivity contribution in [1.29, 1.82) is 0 Å². The van der Waals surface area contributed by atoms with E-state index in [1.54, 1.807) is 0 Å². The van der Waals surface area contributed by atoms with Gasteiger partial charge in [-0.3, -0.25) is 0 Å². The Morgan fingerprint density at radius 1 is 0.531 bits per heavy atom. The van der Waals surface area contributed by atoms with Crippen molar-refractivity contribution in [3.63, 3.8) is 0 Å². The van der Waals surface area contributed by atoms with Crippen LogP contribution in [0, 0.1) is 0 Å². The van der Waals surface area contributed by atoms with Gasteiger partial charge in [-0.15, -0.1) is 24.8 Å². The molecule has 2 aliphatic rings. The van der Waals surface area contributed by atoms with Gasteiger partial charge in [-0.25, -0.2) is 0 Å². The summed E-state index contributed by atoms with van der Waals surface area (Å²) in [5.74, 6) is 0. The molecule has 0 fully saturated rings. The fourth-order valence-electron chi connectivity index (χ4n) is 6.13. The molecule has 0 bridgehead atoms. The molecule has 0 nitrogen and oxygen atoms in total. The van der Waals surface area contributed by atoms with Crippen LogP contribution in [0.3, 0.4) is 0 Å². The minimum atomic E-state index is -4.00. The summed E-state index contributed by atoms with van der Waals surface area (Å²) >= 11 is -4.00. The second kappa shape index (κ2) is 8.26. The van der Waals surface area contributed by atoms with Gasteiger partial charge in [-0.05, 0) is 0 Å². The third-order valence-electron chi connectivity index (χ3n) is 7.20. The Morgan fingerprint density at radius 3 is 1.00 bits per heavy atom. The topological polar surface area (TPSA) is 0 Å². The molecule has 4 aromatic carbocycles. The van der Waals surface area contributed by atoms with Gasteiger partial charge in [0.15, 0.2) is 0 Å². The molecule has 162 valence electrons. The van der Waals surface area contributed by atoms with Crippen LogP contribution in [0.2, 0.25) is 4.63 Å². The third kappa shape index (κ3) is 3.26. The van der Waals surface area contributed by atoms with Gasteiger partial charge >= 0.3 is 185 Å². The normalized spacial score (nSPS) is 14.5. The summed E-state index contributed by atoms with van der Waals surface area (Å²) < 4.78 is 3.10. The van der Waals surface area contributed by atoms with Gasteiger partial charge in [-0.2, -0.15) is 0 Å². The van der Waals surface area contributed by atoms with Crippen molar-refractivity contribution in [1.82, 2.24) is 0 Å². The third-order valence-corrected chi connectivity index (χ3v) is 25.2. The van der Waals surface area contributed by atoms with E-state index in [9.17, 15) is 0 Å². The second-order valence-corrected chi connectivity index (χ2v) is 42.3. The van der Waals surface area contributed by atoms with E-state index in [-0.39, 0.29) is 24.8 Å². The van der Waals surface area contributed by atoms with Crippen LogP contribution in [-0.4, -0.2) is 6.88 Å². The predicted octanol–water partition coefficient (Wildman–Crippen LogP) is 7.81. The van der Waals surface area contributed by atoms with Gasteiger partial charge in [0.2, 0.25) is 0 Å². The minimum absolute atomic E-state index is 0. The standard InChI is InChI=1S/2C13H9.CH3.3ClH.H2Si.Zr/c2*1-3-7-12-10(5-1)9-11-6-2-4-8-13(11)12;;;;;;/h2*1-9H;1H3;3*1H;1H2;/q;;;;;;;+1/p-1. The van der Waals surface area contributed by atoms with Gasteiger partial charge in [0.05, 0.1) is 0 Å². The van der Waals surface area contributed by atoms with Crippen LogP contribution in [0.4, 0.5) is 0 Å². The molecule has 0 aliphatic heterocycles. The Bertz CT molecular complexity index is 1210. The first-order valence-electron chi connectivity index (χ1n) is 10.6. The maximum absolute atomic E-state index is 8.14. The first-order chi connectivity index (χ1) is 14.5. The van der Waals surface area contributed by atoms with Crippen LogP contribution >= 0.6 is 33.3 Å². The van der Waals surface area contributed by atoms with Crippen LogP contribution in [0.25, 0.3) is 22.3 Å². The zero-order valence-corrected chi connectivity index (χ0v) is 24.1. The summed E-state index contributed by atoms with van der Waals surface area (Å²) in [6, 6.07) is 35.7. The van der Waals surface area contributed by atoms with E-state index in [0.29, 0.717) is 7.25 Å². The van der Waals surface area contributed by atoms with Gasteiger partial charge in [0.25, 0.3) is 0 Å². The van der Waals surface area contributed by atoms with Crippen molar-refractivity contribution in [2.75, 3.05) is 0 Å². The van der Waals surface area contributed by atoms with Gasteiger partial charge in [0.1, 0.15) is 0 Å². The Hall–Kier alpha value is -1.15. The molecular formula is C27H25Cl3SiZr. The first-order valence-corrected chi connectivity index (χ1v) is 25.0. The van der Waals surface area contributed by atoms with Crippen LogP contribution in [0.15, 0.2) is 97.1 Å². The number of benzene rings is 4. The molecule has 4 aromatic rings. The van der Waals surface area contributed by atoms with Gasteiger partial charge < -0.3 is 0 Å². The summed E-state index contributed by atoms with van der Waals surface area (Å²) in [6.07, 6.45) is 0. The van der Waals surface area contributed by atoms with Crippen LogP contribution < -0.4 is 0 Å². The van der Waals surface area contributed by atoms with Crippen molar-refractivity contribution >= 4 is 40.2 Å². The maximum atomic E-state index is 8.14. The van der Waals surface area contributed by atoms with Crippen LogP contribution in [0.1, 0.15) is 29.5 Å². The number of fused-ring (bicyclic) bond motifs is 6. The number of hydrogen-bond donors (Lipinski definition) is 0. The molecule has 0 atom stereocenters. The summed E-state index contributed by atoms with van der Waals surface area (Å²) in [7, 11) is 8.14. The summed E-state index contributed by atoms with van der Waals surface area (Å²) in [6.45, 7) is 2.18. The Balaban J connectivity index is 0.00000122.